The Labute approximate surface area is 163 Å². The molecule has 0 aromatic rings. The lowest BCUT2D eigenvalue weighted by Gasteiger charge is -2.48. The number of allylic oxidation sites excluding steroid dienone is 4. The van der Waals surface area contributed by atoms with Gasteiger partial charge in [-0.1, -0.05) is 57.4 Å². The van der Waals surface area contributed by atoms with E-state index in [4.69, 9.17) is 12.6 Å². The molecular formula is C24H42S. The van der Waals surface area contributed by atoms with Crippen LogP contribution < -0.4 is 0 Å². The summed E-state index contributed by atoms with van der Waals surface area (Å²) in [5.74, 6) is 1.70. The number of thiol groups is 1. The van der Waals surface area contributed by atoms with Gasteiger partial charge >= 0.3 is 0 Å². The zero-order valence-electron chi connectivity index (χ0n) is 17.5. The summed E-state index contributed by atoms with van der Waals surface area (Å²) in [6.45, 7) is 11.7. The third kappa shape index (κ3) is 5.65. The van der Waals surface area contributed by atoms with Crippen LogP contribution in [0.5, 0.6) is 0 Å². The quantitative estimate of drug-likeness (QED) is 0.310. The van der Waals surface area contributed by atoms with Crippen molar-refractivity contribution in [3.8, 4) is 0 Å². The first-order valence-electron chi connectivity index (χ1n) is 10.9. The van der Waals surface area contributed by atoms with E-state index >= 15 is 0 Å². The average molecular weight is 363 g/mol. The highest BCUT2D eigenvalue weighted by Gasteiger charge is 2.48. The first kappa shape index (κ1) is 21.1. The Morgan fingerprint density at radius 3 is 2.60 bits per heavy atom. The molecule has 0 bridgehead atoms. The fraction of sp³-hybridized carbons (Fsp3) is 0.833. The molecule has 1 heteroatoms. The Hall–Kier alpha value is -0.170. The lowest BCUT2D eigenvalue weighted by molar-refractivity contribution is 0.0459. The Bertz CT molecular complexity index is 476. The van der Waals surface area contributed by atoms with Crippen LogP contribution in [-0.4, -0.2) is 4.75 Å². The van der Waals surface area contributed by atoms with Gasteiger partial charge in [0.15, 0.2) is 0 Å². The summed E-state index contributed by atoms with van der Waals surface area (Å²) >= 11 is 4.90. The summed E-state index contributed by atoms with van der Waals surface area (Å²) in [5, 5.41) is 0. The predicted octanol–water partition coefficient (Wildman–Crippen LogP) is 8.14. The van der Waals surface area contributed by atoms with Crippen molar-refractivity contribution >= 4 is 12.6 Å². The van der Waals surface area contributed by atoms with Gasteiger partial charge in [0, 0.05) is 4.75 Å². The van der Waals surface area contributed by atoms with Crippen molar-refractivity contribution in [3.05, 3.63) is 23.3 Å². The second kappa shape index (κ2) is 9.16. The van der Waals surface area contributed by atoms with Gasteiger partial charge in [0.1, 0.15) is 0 Å². The Morgan fingerprint density at radius 2 is 1.96 bits per heavy atom. The van der Waals surface area contributed by atoms with Crippen molar-refractivity contribution in [2.45, 2.75) is 110 Å². The molecule has 2 aliphatic carbocycles. The maximum atomic E-state index is 4.90. The molecule has 0 aliphatic heterocycles. The minimum atomic E-state index is 0.214. The lowest BCUT2D eigenvalue weighted by atomic mass is 9.58. The molecule has 2 atom stereocenters. The molecule has 0 aromatic heterocycles. The van der Waals surface area contributed by atoms with Gasteiger partial charge in [0.05, 0.1) is 0 Å². The van der Waals surface area contributed by atoms with Gasteiger partial charge in [0.25, 0.3) is 0 Å². The minimum Gasteiger partial charge on any atom is -0.173 e. The molecule has 0 nitrogen and oxygen atoms in total. The van der Waals surface area contributed by atoms with Gasteiger partial charge in [-0.25, -0.2) is 0 Å². The fourth-order valence-electron chi connectivity index (χ4n) is 5.07. The molecule has 2 aliphatic rings. The maximum Gasteiger partial charge on any atom is 0.0124 e. The van der Waals surface area contributed by atoms with Crippen LogP contribution >= 0.6 is 12.6 Å². The highest BCUT2D eigenvalue weighted by Crippen LogP contribution is 2.60. The Balaban J connectivity index is 1.77. The summed E-state index contributed by atoms with van der Waals surface area (Å²) in [6.07, 6.45) is 19.5. The van der Waals surface area contributed by atoms with Gasteiger partial charge in [-0.2, -0.15) is 12.6 Å². The molecule has 0 aromatic carbocycles. The van der Waals surface area contributed by atoms with E-state index in [1.807, 2.05) is 5.57 Å². The highest BCUT2D eigenvalue weighted by atomic mass is 32.1. The van der Waals surface area contributed by atoms with Crippen LogP contribution in [0.4, 0.5) is 0 Å². The van der Waals surface area contributed by atoms with Gasteiger partial charge in [0.2, 0.25) is 0 Å². The Kier molecular flexibility index (Phi) is 7.74. The van der Waals surface area contributed by atoms with E-state index in [0.717, 1.165) is 11.8 Å². The Morgan fingerprint density at radius 1 is 1.28 bits per heavy atom. The smallest absolute Gasteiger partial charge is 0.0124 e. The zero-order valence-corrected chi connectivity index (χ0v) is 18.4. The third-order valence-corrected chi connectivity index (χ3v) is 8.12. The van der Waals surface area contributed by atoms with Crippen molar-refractivity contribution in [3.63, 3.8) is 0 Å². The largest absolute Gasteiger partial charge is 0.173 e. The zero-order chi connectivity index (χ0) is 18.5. The van der Waals surface area contributed by atoms with Crippen LogP contribution in [0.3, 0.4) is 0 Å². The molecule has 2 unspecified atom stereocenters. The van der Waals surface area contributed by atoms with Crippen molar-refractivity contribution in [1.82, 2.24) is 0 Å². The van der Waals surface area contributed by atoms with E-state index in [9.17, 15) is 0 Å². The molecule has 0 saturated heterocycles. The van der Waals surface area contributed by atoms with Crippen LogP contribution in [0.25, 0.3) is 0 Å². The predicted molar refractivity (Wildman–Crippen MR) is 116 cm³/mol. The van der Waals surface area contributed by atoms with Crippen molar-refractivity contribution < 1.29 is 0 Å². The van der Waals surface area contributed by atoms with E-state index in [0.29, 0.717) is 5.41 Å². The summed E-state index contributed by atoms with van der Waals surface area (Å²) in [5.41, 5.74) is 4.20. The second-order valence-electron chi connectivity index (χ2n) is 9.48. The molecule has 2 fully saturated rings. The van der Waals surface area contributed by atoms with E-state index in [1.54, 1.807) is 5.57 Å². The van der Waals surface area contributed by atoms with Crippen LogP contribution in [0, 0.1) is 17.3 Å². The maximum absolute atomic E-state index is 4.90. The minimum absolute atomic E-state index is 0.214. The second-order valence-corrected chi connectivity index (χ2v) is 10.5. The molecule has 1 spiro atoms. The molecule has 0 heterocycles. The van der Waals surface area contributed by atoms with Crippen LogP contribution in [0.2, 0.25) is 0 Å². The molecule has 144 valence electrons. The number of unbranched alkanes of at least 4 members (excludes halogenated alkanes) is 1. The molecule has 2 rings (SSSR count). The molecular weight excluding hydrogens is 320 g/mol. The van der Waals surface area contributed by atoms with Gasteiger partial charge in [-0.05, 0) is 88.4 Å². The molecule has 0 amide bonds. The summed E-state index contributed by atoms with van der Waals surface area (Å²) in [4.78, 5) is 0. The molecule has 25 heavy (non-hydrogen) atoms. The first-order chi connectivity index (χ1) is 11.8. The topological polar surface area (TPSA) is 0 Å². The third-order valence-electron chi connectivity index (χ3n) is 7.36. The van der Waals surface area contributed by atoms with Crippen LogP contribution in [0.1, 0.15) is 105 Å². The highest BCUT2D eigenvalue weighted by molar-refractivity contribution is 7.81. The van der Waals surface area contributed by atoms with E-state index in [2.05, 4.69) is 46.8 Å². The van der Waals surface area contributed by atoms with E-state index < -0.39 is 0 Å². The summed E-state index contributed by atoms with van der Waals surface area (Å²) < 4.78 is 0.214. The van der Waals surface area contributed by atoms with E-state index in [1.165, 1.54) is 70.6 Å². The average Bonchev–Trinajstić information content (AvgIpc) is 2.99. The summed E-state index contributed by atoms with van der Waals surface area (Å²) in [6, 6.07) is 0. The number of hydrogen-bond acceptors (Lipinski definition) is 1. The van der Waals surface area contributed by atoms with Crippen molar-refractivity contribution in [1.29, 1.82) is 0 Å². The standard InChI is InChI=1S/C24H42S/c1-6-8-9-10-11-12-19(3)22-13-14-24(18-22)16-21(17-24)15-20(4)23(5,25)7-2/h9-10,20-21,25H,6-8,11-18H2,1-5H3/b10-9-,22-19+. The van der Waals surface area contributed by atoms with Crippen molar-refractivity contribution in [2.75, 3.05) is 0 Å². The fourth-order valence-corrected chi connectivity index (χ4v) is 5.18. The molecule has 0 radical (unpaired) electrons. The lowest BCUT2D eigenvalue weighted by Crippen LogP contribution is -2.38. The normalized spacial score (nSPS) is 32.0. The van der Waals surface area contributed by atoms with Gasteiger partial charge < -0.3 is 0 Å². The monoisotopic (exact) mass is 362 g/mol. The van der Waals surface area contributed by atoms with Gasteiger partial charge in [-0.15, -0.1) is 0 Å². The number of rotatable bonds is 9. The summed E-state index contributed by atoms with van der Waals surface area (Å²) in [7, 11) is 0. The van der Waals surface area contributed by atoms with Crippen molar-refractivity contribution in [2.24, 2.45) is 17.3 Å². The molecule has 0 N–H and O–H groups in total. The van der Waals surface area contributed by atoms with E-state index in [-0.39, 0.29) is 4.75 Å². The van der Waals surface area contributed by atoms with Crippen LogP contribution in [-0.2, 0) is 0 Å². The number of hydrogen-bond donors (Lipinski definition) is 1. The molecule has 2 saturated carbocycles. The van der Waals surface area contributed by atoms with Gasteiger partial charge in [-0.3, -0.25) is 0 Å². The SMILES string of the molecule is CCC/C=C\CC/C(C)=C1\CCC2(C1)CC(CC(C)C(C)(S)CC)C2. The van der Waals surface area contributed by atoms with Crippen LogP contribution in [0.15, 0.2) is 23.3 Å². The first-order valence-corrected chi connectivity index (χ1v) is 11.3.